The molecular weight excluding hydrogens is 164 g/mol. The van der Waals surface area contributed by atoms with E-state index in [4.69, 9.17) is 4.43 Å². The van der Waals surface area contributed by atoms with Crippen molar-refractivity contribution in [2.24, 2.45) is 0 Å². The van der Waals surface area contributed by atoms with Crippen LogP contribution < -0.4 is 0 Å². The van der Waals surface area contributed by atoms with Crippen LogP contribution in [0.25, 0.3) is 0 Å². The summed E-state index contributed by atoms with van der Waals surface area (Å²) in [4.78, 5) is 0. The molecule has 0 spiro atoms. The molecular formula is C10H22OSi. The third-order valence-corrected chi connectivity index (χ3v) is 6.58. The van der Waals surface area contributed by atoms with Crippen LogP contribution in [0.2, 0.25) is 18.6 Å². The highest BCUT2D eigenvalue weighted by atomic mass is 28.4. The normalized spacial score (nSPS) is 20.5. The van der Waals surface area contributed by atoms with Gasteiger partial charge in [0.1, 0.15) is 0 Å². The van der Waals surface area contributed by atoms with Gasteiger partial charge >= 0.3 is 0 Å². The van der Waals surface area contributed by atoms with Gasteiger partial charge in [0.25, 0.3) is 0 Å². The first-order valence-electron chi connectivity index (χ1n) is 5.41. The lowest BCUT2D eigenvalue weighted by Gasteiger charge is -2.35. The maximum atomic E-state index is 5.95. The van der Waals surface area contributed by atoms with E-state index in [-0.39, 0.29) is 0 Å². The fraction of sp³-hybridized carbons (Fsp3) is 1.00. The molecule has 1 aliphatic heterocycles. The summed E-state index contributed by atoms with van der Waals surface area (Å²) in [7, 11) is -1.06. The molecule has 1 nitrogen and oxygen atoms in total. The molecule has 0 saturated carbocycles. The Morgan fingerprint density at radius 3 is 2.42 bits per heavy atom. The minimum absolute atomic E-state index is 1.04. The van der Waals surface area contributed by atoms with Gasteiger partial charge in [-0.2, -0.15) is 0 Å². The third-order valence-electron chi connectivity index (χ3n) is 2.86. The highest BCUT2D eigenvalue weighted by Crippen LogP contribution is 2.32. The lowest BCUT2D eigenvalue weighted by molar-refractivity contribution is 0.279. The monoisotopic (exact) mass is 186 g/mol. The van der Waals surface area contributed by atoms with Gasteiger partial charge in [0, 0.05) is 6.61 Å². The van der Waals surface area contributed by atoms with E-state index >= 15 is 0 Å². The van der Waals surface area contributed by atoms with Crippen molar-refractivity contribution < 1.29 is 4.43 Å². The molecule has 1 fully saturated rings. The van der Waals surface area contributed by atoms with Crippen molar-refractivity contribution in [3.05, 3.63) is 0 Å². The Labute approximate surface area is 77.6 Å². The van der Waals surface area contributed by atoms with E-state index < -0.39 is 8.32 Å². The van der Waals surface area contributed by atoms with Crippen LogP contribution >= 0.6 is 0 Å². The predicted octanol–water partition coefficient (Wildman–Crippen LogP) is 3.56. The Morgan fingerprint density at radius 1 is 1.17 bits per heavy atom. The summed E-state index contributed by atoms with van der Waals surface area (Å²) in [6.07, 6.45) is 6.78. The minimum Gasteiger partial charge on any atom is -0.417 e. The summed E-state index contributed by atoms with van der Waals surface area (Å²) in [6.45, 7) is 5.68. The molecule has 0 N–H and O–H groups in total. The summed E-state index contributed by atoms with van der Waals surface area (Å²) in [6, 6.07) is 2.83. The van der Waals surface area contributed by atoms with E-state index in [1.807, 2.05) is 0 Å². The van der Waals surface area contributed by atoms with Crippen LogP contribution in [-0.4, -0.2) is 14.9 Å². The predicted molar refractivity (Wildman–Crippen MR) is 55.9 cm³/mol. The molecule has 1 heterocycles. The molecule has 0 aromatic heterocycles. The maximum Gasteiger partial charge on any atom is 0.189 e. The summed E-state index contributed by atoms with van der Waals surface area (Å²) in [5.41, 5.74) is 0. The standard InChI is InChI=1S/C10H22OSi/c1-3-4-5-6-8-11-12(2)9-7-10-12/h3-10H2,1-2H3. The third kappa shape index (κ3) is 3.28. The van der Waals surface area contributed by atoms with E-state index in [1.54, 1.807) is 0 Å². The summed E-state index contributed by atoms with van der Waals surface area (Å²) < 4.78 is 5.95. The Balaban J connectivity index is 1.88. The molecule has 1 rings (SSSR count). The molecule has 1 saturated heterocycles. The quantitative estimate of drug-likeness (QED) is 0.455. The van der Waals surface area contributed by atoms with Crippen LogP contribution in [-0.2, 0) is 4.43 Å². The van der Waals surface area contributed by atoms with Gasteiger partial charge in [-0.15, -0.1) is 0 Å². The lowest BCUT2D eigenvalue weighted by atomic mass is 10.2. The summed E-state index contributed by atoms with van der Waals surface area (Å²) >= 11 is 0. The molecule has 0 unspecified atom stereocenters. The SMILES string of the molecule is CCCCCCO[Si]1(C)CCC1. The largest absolute Gasteiger partial charge is 0.417 e. The Hall–Kier alpha value is 0.177. The van der Waals surface area contributed by atoms with Crippen molar-refractivity contribution in [2.75, 3.05) is 6.61 Å². The van der Waals surface area contributed by atoms with Crippen LogP contribution in [0.1, 0.15) is 39.0 Å². The van der Waals surface area contributed by atoms with Crippen molar-refractivity contribution in [1.29, 1.82) is 0 Å². The first-order valence-corrected chi connectivity index (χ1v) is 8.23. The number of rotatable bonds is 6. The van der Waals surface area contributed by atoms with Gasteiger partial charge in [0.05, 0.1) is 0 Å². The molecule has 2 heteroatoms. The second-order valence-electron chi connectivity index (χ2n) is 4.21. The second-order valence-corrected chi connectivity index (χ2v) is 8.40. The van der Waals surface area contributed by atoms with Gasteiger partial charge < -0.3 is 4.43 Å². The fourth-order valence-corrected chi connectivity index (χ4v) is 3.94. The van der Waals surface area contributed by atoms with Crippen LogP contribution in [0, 0.1) is 0 Å². The zero-order chi connectivity index (χ0) is 8.86. The van der Waals surface area contributed by atoms with Crippen molar-refractivity contribution in [2.45, 2.75) is 57.7 Å². The molecule has 1 aliphatic rings. The van der Waals surface area contributed by atoms with Gasteiger partial charge in [-0.05, 0) is 25.1 Å². The Bertz CT molecular complexity index is 121. The minimum atomic E-state index is -1.06. The fourth-order valence-electron chi connectivity index (χ4n) is 1.67. The van der Waals surface area contributed by atoms with Gasteiger partial charge in [-0.1, -0.05) is 32.6 Å². The smallest absolute Gasteiger partial charge is 0.189 e. The van der Waals surface area contributed by atoms with Gasteiger partial charge in [-0.3, -0.25) is 0 Å². The molecule has 72 valence electrons. The lowest BCUT2D eigenvalue weighted by Crippen LogP contribution is -2.41. The zero-order valence-corrected chi connectivity index (χ0v) is 9.57. The van der Waals surface area contributed by atoms with E-state index in [2.05, 4.69) is 13.5 Å². The van der Waals surface area contributed by atoms with Crippen LogP contribution in [0.3, 0.4) is 0 Å². The van der Waals surface area contributed by atoms with Crippen molar-refractivity contribution in [3.8, 4) is 0 Å². The molecule has 0 aliphatic carbocycles. The zero-order valence-electron chi connectivity index (χ0n) is 8.57. The van der Waals surface area contributed by atoms with Gasteiger partial charge in [0.2, 0.25) is 0 Å². The highest BCUT2D eigenvalue weighted by Gasteiger charge is 2.35. The van der Waals surface area contributed by atoms with Crippen LogP contribution in [0.15, 0.2) is 0 Å². The number of hydrogen-bond donors (Lipinski definition) is 0. The molecule has 0 radical (unpaired) electrons. The van der Waals surface area contributed by atoms with Crippen LogP contribution in [0.4, 0.5) is 0 Å². The first kappa shape index (κ1) is 10.3. The van der Waals surface area contributed by atoms with Crippen molar-refractivity contribution in [3.63, 3.8) is 0 Å². The molecule has 0 amide bonds. The van der Waals surface area contributed by atoms with E-state index in [9.17, 15) is 0 Å². The van der Waals surface area contributed by atoms with Gasteiger partial charge in [0.15, 0.2) is 8.32 Å². The summed E-state index contributed by atoms with van der Waals surface area (Å²) in [5.74, 6) is 0. The number of unbranched alkanes of at least 4 members (excludes halogenated alkanes) is 3. The van der Waals surface area contributed by atoms with Gasteiger partial charge in [-0.25, -0.2) is 0 Å². The topological polar surface area (TPSA) is 9.23 Å². The number of hydrogen-bond acceptors (Lipinski definition) is 1. The molecule has 0 atom stereocenters. The average molecular weight is 186 g/mol. The van der Waals surface area contributed by atoms with Crippen LogP contribution in [0.5, 0.6) is 0 Å². The molecule has 0 aromatic rings. The maximum absolute atomic E-state index is 5.95. The molecule has 12 heavy (non-hydrogen) atoms. The van der Waals surface area contributed by atoms with Crippen molar-refractivity contribution in [1.82, 2.24) is 0 Å². The van der Waals surface area contributed by atoms with E-state index in [0.29, 0.717) is 0 Å². The summed E-state index contributed by atoms with van der Waals surface area (Å²) in [5, 5.41) is 0. The Kier molecular flexibility index (Phi) is 4.30. The Morgan fingerprint density at radius 2 is 1.92 bits per heavy atom. The van der Waals surface area contributed by atoms with E-state index in [0.717, 1.165) is 6.61 Å². The van der Waals surface area contributed by atoms with E-state index in [1.165, 1.54) is 44.2 Å². The first-order chi connectivity index (χ1) is 5.77. The average Bonchev–Trinajstić information content (AvgIpc) is 2.01. The highest BCUT2D eigenvalue weighted by molar-refractivity contribution is 6.75. The second kappa shape index (κ2) is 5.03. The molecule has 0 aromatic carbocycles. The molecule has 0 bridgehead atoms. The van der Waals surface area contributed by atoms with Crippen molar-refractivity contribution >= 4 is 8.32 Å².